The summed E-state index contributed by atoms with van der Waals surface area (Å²) >= 11 is 0. The summed E-state index contributed by atoms with van der Waals surface area (Å²) in [5.74, 6) is 0. The molecule has 1 aliphatic heterocycles. The minimum Gasteiger partial charge on any atom is -0.392 e. The van der Waals surface area contributed by atoms with Crippen LogP contribution in [0.3, 0.4) is 0 Å². The van der Waals surface area contributed by atoms with Gasteiger partial charge in [0.1, 0.15) is 0 Å². The van der Waals surface area contributed by atoms with E-state index in [0.717, 1.165) is 65.0 Å². The number of rotatable bonds is 9. The number of aliphatic hydroxyl groups is 1. The van der Waals surface area contributed by atoms with Crippen molar-refractivity contribution in [1.29, 1.82) is 0 Å². The molecule has 0 radical (unpaired) electrons. The molecule has 0 saturated carbocycles. The van der Waals surface area contributed by atoms with Gasteiger partial charge in [0, 0.05) is 32.8 Å². The fourth-order valence-electron chi connectivity index (χ4n) is 3.02. The number of piperidine rings is 1. The lowest BCUT2D eigenvalue weighted by Crippen LogP contribution is -2.38. The maximum absolute atomic E-state index is 9.62. The summed E-state index contributed by atoms with van der Waals surface area (Å²) in [6.07, 6.45) is 5.10. The third-order valence-corrected chi connectivity index (χ3v) is 4.22. The molecular weight excluding hydrogens is 324 g/mol. The van der Waals surface area contributed by atoms with Crippen LogP contribution in [0.25, 0.3) is 0 Å². The minimum absolute atomic E-state index is 0.126. The Kier molecular flexibility index (Phi) is 16.8. The van der Waals surface area contributed by atoms with E-state index in [1.807, 2.05) is 27.7 Å². The topological polar surface area (TPSA) is 58.7 Å². The number of β-amino-alcohol motifs (C(OH)–C–C–N with tert-alkyl or cyclic N) is 1. The summed E-state index contributed by atoms with van der Waals surface area (Å²) in [4.78, 5) is 2.34. The molecule has 1 unspecified atom stereocenters. The summed E-state index contributed by atoms with van der Waals surface area (Å²) < 4.78 is 5.72. The fourth-order valence-corrected chi connectivity index (χ4v) is 3.02. The van der Waals surface area contributed by atoms with E-state index in [0.29, 0.717) is 6.54 Å². The van der Waals surface area contributed by atoms with E-state index in [2.05, 4.69) is 29.2 Å². The Balaban J connectivity index is 0.00000146. The lowest BCUT2D eigenvalue weighted by Gasteiger charge is -2.29. The Morgan fingerprint density at radius 2 is 1.81 bits per heavy atom. The number of benzene rings is 1. The highest BCUT2D eigenvalue weighted by Gasteiger charge is 2.16. The number of likely N-dealkylation sites (tertiary alicyclic amines) is 1. The van der Waals surface area contributed by atoms with Gasteiger partial charge in [-0.05, 0) is 49.8 Å². The van der Waals surface area contributed by atoms with E-state index in [1.165, 1.54) is 11.1 Å². The van der Waals surface area contributed by atoms with Crippen molar-refractivity contribution < 1.29 is 9.84 Å². The average Bonchev–Trinajstić information content (AvgIpc) is 2.70. The summed E-state index contributed by atoms with van der Waals surface area (Å²) in [5.41, 5.74) is 8.19. The first kappa shape index (κ1) is 25.1. The molecule has 1 fully saturated rings. The zero-order valence-corrected chi connectivity index (χ0v) is 17.5. The first-order chi connectivity index (χ1) is 12.8. The summed E-state index contributed by atoms with van der Waals surface area (Å²) in [6, 6.07) is 8.48. The third-order valence-electron chi connectivity index (χ3n) is 4.22. The highest BCUT2D eigenvalue weighted by Crippen LogP contribution is 2.10. The van der Waals surface area contributed by atoms with E-state index in [1.54, 1.807) is 0 Å². The second-order valence-electron chi connectivity index (χ2n) is 6.19. The van der Waals surface area contributed by atoms with Crippen molar-refractivity contribution in [1.82, 2.24) is 4.90 Å². The molecule has 0 aliphatic carbocycles. The SMILES string of the molecule is CC.CC.NCc1cccc(CCCOCCCN2CCCC(O)C2)c1. The highest BCUT2D eigenvalue weighted by atomic mass is 16.5. The van der Waals surface area contributed by atoms with E-state index in [-0.39, 0.29) is 6.10 Å². The molecule has 1 aromatic carbocycles. The quantitative estimate of drug-likeness (QED) is 0.649. The number of hydrogen-bond acceptors (Lipinski definition) is 4. The Hall–Kier alpha value is -0.940. The number of hydrogen-bond donors (Lipinski definition) is 2. The van der Waals surface area contributed by atoms with Gasteiger partial charge in [0.05, 0.1) is 6.10 Å². The van der Waals surface area contributed by atoms with Crippen LogP contribution in [0.5, 0.6) is 0 Å². The minimum atomic E-state index is -0.126. The van der Waals surface area contributed by atoms with Gasteiger partial charge in [-0.2, -0.15) is 0 Å². The van der Waals surface area contributed by atoms with Gasteiger partial charge >= 0.3 is 0 Å². The predicted molar refractivity (Wildman–Crippen MR) is 112 cm³/mol. The van der Waals surface area contributed by atoms with Gasteiger partial charge in [0.15, 0.2) is 0 Å². The lowest BCUT2D eigenvalue weighted by molar-refractivity contribution is 0.0606. The molecule has 26 heavy (non-hydrogen) atoms. The average molecular weight is 367 g/mol. The molecule has 1 heterocycles. The number of aliphatic hydroxyl groups excluding tert-OH is 1. The van der Waals surface area contributed by atoms with Crippen LogP contribution in [0.4, 0.5) is 0 Å². The van der Waals surface area contributed by atoms with Crippen LogP contribution < -0.4 is 5.73 Å². The number of nitrogens with two attached hydrogens (primary N) is 1. The highest BCUT2D eigenvalue weighted by molar-refractivity contribution is 5.23. The maximum Gasteiger partial charge on any atom is 0.0667 e. The molecule has 4 heteroatoms. The molecule has 1 aromatic rings. The van der Waals surface area contributed by atoms with E-state index in [9.17, 15) is 5.11 Å². The molecule has 0 spiro atoms. The van der Waals surface area contributed by atoms with Crippen molar-refractivity contribution in [3.8, 4) is 0 Å². The predicted octanol–water partition coefficient (Wildman–Crippen LogP) is 3.99. The summed E-state index contributed by atoms with van der Waals surface area (Å²) in [5, 5.41) is 9.62. The van der Waals surface area contributed by atoms with Gasteiger partial charge in [-0.15, -0.1) is 0 Å². The van der Waals surface area contributed by atoms with Crippen LogP contribution in [0, 0.1) is 0 Å². The fraction of sp³-hybridized carbons (Fsp3) is 0.727. The third kappa shape index (κ3) is 11.6. The maximum atomic E-state index is 9.62. The first-order valence-corrected chi connectivity index (χ1v) is 10.5. The molecule has 152 valence electrons. The van der Waals surface area contributed by atoms with Gasteiger partial charge in [0.2, 0.25) is 0 Å². The van der Waals surface area contributed by atoms with Gasteiger partial charge in [-0.3, -0.25) is 0 Å². The second kappa shape index (κ2) is 17.5. The van der Waals surface area contributed by atoms with E-state index >= 15 is 0 Å². The molecule has 4 nitrogen and oxygen atoms in total. The van der Waals surface area contributed by atoms with Crippen LogP contribution in [-0.4, -0.2) is 49.0 Å². The van der Waals surface area contributed by atoms with Crippen LogP contribution >= 0.6 is 0 Å². The van der Waals surface area contributed by atoms with Crippen molar-refractivity contribution in [2.75, 3.05) is 32.8 Å². The largest absolute Gasteiger partial charge is 0.392 e. The summed E-state index contributed by atoms with van der Waals surface area (Å²) in [6.45, 7) is 13.2. The molecule has 1 saturated heterocycles. The lowest BCUT2D eigenvalue weighted by atomic mass is 10.1. The number of ether oxygens (including phenoxy) is 1. The molecule has 3 N–H and O–H groups in total. The molecule has 0 bridgehead atoms. The van der Waals surface area contributed by atoms with Crippen molar-refractivity contribution in [2.45, 2.75) is 72.4 Å². The van der Waals surface area contributed by atoms with Crippen LogP contribution in [0.15, 0.2) is 24.3 Å². The van der Waals surface area contributed by atoms with Gasteiger partial charge in [0.25, 0.3) is 0 Å². The molecule has 0 aromatic heterocycles. The monoisotopic (exact) mass is 366 g/mol. The Morgan fingerprint density at radius 3 is 2.50 bits per heavy atom. The second-order valence-corrected chi connectivity index (χ2v) is 6.19. The van der Waals surface area contributed by atoms with Crippen LogP contribution in [-0.2, 0) is 17.7 Å². The first-order valence-electron chi connectivity index (χ1n) is 10.5. The van der Waals surface area contributed by atoms with E-state index < -0.39 is 0 Å². The van der Waals surface area contributed by atoms with Crippen LogP contribution in [0.2, 0.25) is 0 Å². The molecular formula is C22H42N2O2. The molecule has 1 atom stereocenters. The molecule has 0 amide bonds. The van der Waals surface area contributed by atoms with Crippen molar-refractivity contribution >= 4 is 0 Å². The zero-order chi connectivity index (χ0) is 19.6. The van der Waals surface area contributed by atoms with Crippen molar-refractivity contribution in [3.63, 3.8) is 0 Å². The zero-order valence-electron chi connectivity index (χ0n) is 17.5. The van der Waals surface area contributed by atoms with Crippen molar-refractivity contribution in [2.24, 2.45) is 5.73 Å². The number of aryl methyl sites for hydroxylation is 1. The Morgan fingerprint density at radius 1 is 1.12 bits per heavy atom. The van der Waals surface area contributed by atoms with E-state index in [4.69, 9.17) is 10.5 Å². The van der Waals surface area contributed by atoms with Gasteiger partial charge in [-0.25, -0.2) is 0 Å². The van der Waals surface area contributed by atoms with Crippen molar-refractivity contribution in [3.05, 3.63) is 35.4 Å². The standard InChI is InChI=1S/C18H30N2O2.2C2H6/c19-14-17-6-1-5-16(13-17)7-3-11-22-12-4-10-20-9-2-8-18(21)15-20;2*1-2/h1,5-6,13,18,21H,2-4,7-12,14-15,19H2;2*1-2H3. The van der Waals surface area contributed by atoms with Gasteiger partial charge < -0.3 is 20.5 Å². The summed E-state index contributed by atoms with van der Waals surface area (Å²) in [7, 11) is 0. The molecule has 2 rings (SSSR count). The van der Waals surface area contributed by atoms with Gasteiger partial charge in [-0.1, -0.05) is 52.0 Å². The Labute approximate surface area is 161 Å². The Bertz CT molecular complexity index is 426. The smallest absolute Gasteiger partial charge is 0.0667 e. The van der Waals surface area contributed by atoms with Crippen LogP contribution in [0.1, 0.15) is 64.5 Å². The number of nitrogens with zero attached hydrogens (tertiary/aromatic N) is 1. The molecule has 1 aliphatic rings. The normalized spacial score (nSPS) is 16.9.